The second-order valence-corrected chi connectivity index (χ2v) is 7.96. The van der Waals surface area contributed by atoms with Crippen LogP contribution in [0.25, 0.3) is 11.2 Å². The molecule has 2 aliphatic rings. The van der Waals surface area contributed by atoms with Crippen molar-refractivity contribution in [2.75, 3.05) is 18.5 Å². The lowest BCUT2D eigenvalue weighted by Crippen LogP contribution is -2.34. The number of nitrogens with one attached hydrogen (secondary N) is 2. The minimum atomic E-state index is -0.725. The molecule has 5 rings (SSSR count). The Hall–Kier alpha value is -2.53. The van der Waals surface area contributed by atoms with E-state index < -0.39 is 36.0 Å². The number of aromatic amines is 1. The number of anilines is 1. The van der Waals surface area contributed by atoms with Crippen LogP contribution < -0.4 is 10.1 Å². The summed E-state index contributed by atoms with van der Waals surface area (Å²) in [6, 6.07) is 4.76. The Labute approximate surface area is 180 Å². The van der Waals surface area contributed by atoms with E-state index in [0.717, 1.165) is 0 Å². The van der Waals surface area contributed by atoms with Crippen LogP contribution in [0.4, 0.5) is 14.6 Å². The molecule has 31 heavy (non-hydrogen) atoms. The molecule has 0 bridgehead atoms. The normalized spacial score (nSPS) is 26.2. The van der Waals surface area contributed by atoms with E-state index in [4.69, 9.17) is 25.8 Å². The summed E-state index contributed by atoms with van der Waals surface area (Å²) in [4.78, 5) is 11.7. The summed E-state index contributed by atoms with van der Waals surface area (Å²) in [7, 11) is 0. The van der Waals surface area contributed by atoms with Crippen molar-refractivity contribution < 1.29 is 28.1 Å². The van der Waals surface area contributed by atoms with Crippen LogP contribution in [0.2, 0.25) is 5.02 Å². The number of rotatable bonds is 5. The van der Waals surface area contributed by atoms with E-state index in [1.165, 1.54) is 18.2 Å². The van der Waals surface area contributed by atoms with Gasteiger partial charge in [0.2, 0.25) is 0 Å². The zero-order valence-electron chi connectivity index (χ0n) is 16.3. The summed E-state index contributed by atoms with van der Waals surface area (Å²) in [5.41, 5.74) is 0.727. The van der Waals surface area contributed by atoms with E-state index in [9.17, 15) is 13.9 Å². The summed E-state index contributed by atoms with van der Waals surface area (Å²) in [6.45, 7) is 2.06. The van der Waals surface area contributed by atoms with Crippen molar-refractivity contribution in [2.24, 2.45) is 0 Å². The standard InChI is InChI=1S/C20H19ClF2N4O4/c1-8(15-10(22)3-2-4-11(15)23)24-18-9(21)5-12-19(26-18)27-20(25-12)31-14-7-30-16-13(28)6-29-17(14)16/h2-5,8,13-14,16-17,28H,6-7H2,1H3,(H2,24,25,26,27)/t8?,13-,14-,16-,17?/m1/s1. The number of halogens is 3. The molecule has 8 nitrogen and oxygen atoms in total. The monoisotopic (exact) mass is 452 g/mol. The summed E-state index contributed by atoms with van der Waals surface area (Å²) in [6.07, 6.45) is -1.91. The SMILES string of the molecule is CC(Nc1nc2nc(O[C@@H]3CO[C@H]4C3OC[C@H]4O)[nH]c2cc1Cl)c1c(F)cccc1F. The van der Waals surface area contributed by atoms with Gasteiger partial charge in [-0.25, -0.2) is 13.8 Å². The molecule has 3 aromatic rings. The highest BCUT2D eigenvalue weighted by atomic mass is 35.5. The molecule has 2 saturated heterocycles. The molecular formula is C20H19ClF2N4O4. The molecule has 0 radical (unpaired) electrons. The third-order valence-corrected chi connectivity index (χ3v) is 5.72. The van der Waals surface area contributed by atoms with Gasteiger partial charge in [0.25, 0.3) is 6.01 Å². The van der Waals surface area contributed by atoms with Gasteiger partial charge >= 0.3 is 0 Å². The maximum Gasteiger partial charge on any atom is 0.296 e. The minimum Gasteiger partial charge on any atom is -0.456 e. The highest BCUT2D eigenvalue weighted by Gasteiger charge is 2.48. The largest absolute Gasteiger partial charge is 0.456 e. The zero-order valence-corrected chi connectivity index (χ0v) is 17.1. The van der Waals surface area contributed by atoms with Gasteiger partial charge in [-0.3, -0.25) is 0 Å². The van der Waals surface area contributed by atoms with Crippen LogP contribution in [0, 0.1) is 11.6 Å². The molecule has 4 heterocycles. The third kappa shape index (κ3) is 3.69. The van der Waals surface area contributed by atoms with Crippen LogP contribution in [-0.4, -0.2) is 57.7 Å². The van der Waals surface area contributed by atoms with Crippen LogP contribution in [0.1, 0.15) is 18.5 Å². The number of fused-ring (bicyclic) bond motifs is 2. The second kappa shape index (κ2) is 7.86. The molecule has 11 heteroatoms. The smallest absolute Gasteiger partial charge is 0.296 e. The average Bonchev–Trinajstić information content (AvgIpc) is 3.39. The number of aliphatic hydroxyl groups excluding tert-OH is 1. The first-order valence-electron chi connectivity index (χ1n) is 9.75. The van der Waals surface area contributed by atoms with Crippen LogP contribution in [0.3, 0.4) is 0 Å². The maximum absolute atomic E-state index is 14.1. The fourth-order valence-electron chi connectivity index (χ4n) is 3.94. The molecule has 2 aliphatic heterocycles. The van der Waals surface area contributed by atoms with Crippen molar-refractivity contribution in [3.05, 3.63) is 46.5 Å². The Kier molecular flexibility index (Phi) is 5.17. The molecule has 2 aromatic heterocycles. The summed E-state index contributed by atoms with van der Waals surface area (Å²) in [5.74, 6) is -1.10. The van der Waals surface area contributed by atoms with Crippen molar-refractivity contribution in [1.82, 2.24) is 15.0 Å². The van der Waals surface area contributed by atoms with E-state index >= 15 is 0 Å². The van der Waals surface area contributed by atoms with Gasteiger partial charge < -0.3 is 29.6 Å². The molecule has 3 N–H and O–H groups in total. The number of nitrogens with zero attached hydrogens (tertiary/aromatic N) is 2. The lowest BCUT2D eigenvalue weighted by atomic mass is 10.1. The fourth-order valence-corrected chi connectivity index (χ4v) is 4.15. The highest BCUT2D eigenvalue weighted by Crippen LogP contribution is 2.32. The van der Waals surface area contributed by atoms with Crippen LogP contribution >= 0.6 is 11.6 Å². The van der Waals surface area contributed by atoms with Gasteiger partial charge in [-0.2, -0.15) is 4.98 Å². The quantitative estimate of drug-likeness (QED) is 0.547. The lowest BCUT2D eigenvalue weighted by Gasteiger charge is -2.17. The van der Waals surface area contributed by atoms with Crippen molar-refractivity contribution in [3.8, 4) is 6.01 Å². The maximum atomic E-state index is 14.1. The summed E-state index contributed by atoms with van der Waals surface area (Å²) in [5, 5.41) is 13.0. The topological polar surface area (TPSA) is 102 Å². The third-order valence-electron chi connectivity index (χ3n) is 5.44. The highest BCUT2D eigenvalue weighted by molar-refractivity contribution is 6.33. The van der Waals surface area contributed by atoms with Crippen molar-refractivity contribution >= 4 is 28.6 Å². The van der Waals surface area contributed by atoms with Crippen molar-refractivity contribution in [3.63, 3.8) is 0 Å². The Morgan fingerprint density at radius 3 is 2.74 bits per heavy atom. The Morgan fingerprint density at radius 2 is 1.97 bits per heavy atom. The molecule has 2 fully saturated rings. The molecule has 0 aliphatic carbocycles. The van der Waals surface area contributed by atoms with E-state index in [0.29, 0.717) is 11.2 Å². The number of pyridine rings is 1. The second-order valence-electron chi connectivity index (χ2n) is 7.55. The Balaban J connectivity index is 1.36. The van der Waals surface area contributed by atoms with Crippen molar-refractivity contribution in [1.29, 1.82) is 0 Å². The number of benzene rings is 1. The van der Waals surface area contributed by atoms with Crippen LogP contribution in [0.5, 0.6) is 6.01 Å². The van der Waals surface area contributed by atoms with E-state index in [-0.39, 0.29) is 41.7 Å². The molecule has 0 saturated carbocycles. The Bertz CT molecular complexity index is 1110. The van der Waals surface area contributed by atoms with E-state index in [1.54, 1.807) is 13.0 Å². The minimum absolute atomic E-state index is 0.110. The predicted octanol–water partition coefficient (Wildman–Crippen LogP) is 2.97. The van der Waals surface area contributed by atoms with Gasteiger partial charge in [0.15, 0.2) is 11.8 Å². The Morgan fingerprint density at radius 1 is 1.23 bits per heavy atom. The van der Waals surface area contributed by atoms with Crippen LogP contribution in [0.15, 0.2) is 24.3 Å². The lowest BCUT2D eigenvalue weighted by molar-refractivity contribution is 0.00706. The predicted molar refractivity (Wildman–Crippen MR) is 107 cm³/mol. The summed E-state index contributed by atoms with van der Waals surface area (Å²) < 4.78 is 45.1. The number of aromatic nitrogens is 3. The van der Waals surface area contributed by atoms with E-state index in [1.807, 2.05) is 0 Å². The van der Waals surface area contributed by atoms with Gasteiger partial charge in [-0.05, 0) is 25.1 Å². The van der Waals surface area contributed by atoms with E-state index in [2.05, 4.69) is 20.3 Å². The van der Waals surface area contributed by atoms with Crippen LogP contribution in [-0.2, 0) is 9.47 Å². The number of aliphatic hydroxyl groups is 1. The summed E-state index contributed by atoms with van der Waals surface area (Å²) >= 11 is 6.31. The molecule has 5 atom stereocenters. The van der Waals surface area contributed by atoms with Gasteiger partial charge in [0.05, 0.1) is 29.8 Å². The number of hydrogen-bond donors (Lipinski definition) is 3. The first-order valence-corrected chi connectivity index (χ1v) is 10.1. The van der Waals surface area contributed by atoms with Gasteiger partial charge in [-0.15, -0.1) is 0 Å². The molecule has 2 unspecified atom stereocenters. The molecule has 0 amide bonds. The van der Waals surface area contributed by atoms with Gasteiger partial charge in [0.1, 0.15) is 35.8 Å². The number of imidazole rings is 1. The zero-order chi connectivity index (χ0) is 21.7. The average molecular weight is 453 g/mol. The molecule has 164 valence electrons. The number of ether oxygens (including phenoxy) is 3. The number of H-pyrrole nitrogens is 1. The van der Waals surface area contributed by atoms with Gasteiger partial charge in [0, 0.05) is 5.56 Å². The molecule has 0 spiro atoms. The first kappa shape index (κ1) is 20.4. The molecular weight excluding hydrogens is 434 g/mol. The molecule has 1 aromatic carbocycles. The van der Waals surface area contributed by atoms with Gasteiger partial charge in [-0.1, -0.05) is 17.7 Å². The fraction of sp³-hybridized carbons (Fsp3) is 0.400. The first-order chi connectivity index (χ1) is 14.9. The number of hydrogen-bond acceptors (Lipinski definition) is 7. The van der Waals surface area contributed by atoms with Crippen molar-refractivity contribution in [2.45, 2.75) is 37.4 Å².